The topological polar surface area (TPSA) is 57.4 Å². The smallest absolute Gasteiger partial charge is 0.170 e. The van der Waals surface area contributed by atoms with Crippen molar-refractivity contribution in [2.45, 2.75) is 31.6 Å². The van der Waals surface area contributed by atoms with E-state index in [2.05, 4.69) is 0 Å². The summed E-state index contributed by atoms with van der Waals surface area (Å²) in [6.45, 7) is 0. The largest absolute Gasteiger partial charge is 0.493 e. The molecule has 0 aliphatic heterocycles. The molecule has 1 aromatic heterocycles. The van der Waals surface area contributed by atoms with Gasteiger partial charge in [0, 0.05) is 11.5 Å². The molecule has 1 aliphatic carbocycles. The van der Waals surface area contributed by atoms with Gasteiger partial charge in [-0.15, -0.1) is 11.3 Å². The van der Waals surface area contributed by atoms with Crippen LogP contribution in [-0.2, 0) is 0 Å². The number of ether oxygens (including phenoxy) is 2. The zero-order valence-electron chi connectivity index (χ0n) is 12.4. The van der Waals surface area contributed by atoms with Crippen LogP contribution in [0, 0.1) is 0 Å². The van der Waals surface area contributed by atoms with E-state index in [0.29, 0.717) is 17.4 Å². The van der Waals surface area contributed by atoms with Crippen LogP contribution in [0.25, 0.3) is 11.3 Å². The van der Waals surface area contributed by atoms with Gasteiger partial charge < -0.3 is 15.2 Å². The van der Waals surface area contributed by atoms with Gasteiger partial charge in [0.2, 0.25) is 0 Å². The predicted molar refractivity (Wildman–Crippen MR) is 86.3 cm³/mol. The van der Waals surface area contributed by atoms with Gasteiger partial charge in [0.25, 0.3) is 0 Å². The van der Waals surface area contributed by atoms with Gasteiger partial charge in [-0.1, -0.05) is 18.9 Å². The fourth-order valence-corrected chi connectivity index (χ4v) is 3.98. The van der Waals surface area contributed by atoms with Crippen LogP contribution in [0.15, 0.2) is 18.2 Å². The van der Waals surface area contributed by atoms with Crippen molar-refractivity contribution < 1.29 is 9.47 Å². The van der Waals surface area contributed by atoms with E-state index < -0.39 is 0 Å². The van der Waals surface area contributed by atoms with Gasteiger partial charge in [0.1, 0.15) is 10.7 Å². The average molecular weight is 304 g/mol. The maximum absolute atomic E-state index is 6.22. The minimum atomic E-state index is 0.572. The molecule has 4 nitrogen and oxygen atoms in total. The fourth-order valence-electron chi connectivity index (χ4n) is 2.96. The van der Waals surface area contributed by atoms with E-state index in [9.17, 15) is 0 Å². The van der Waals surface area contributed by atoms with E-state index in [1.165, 1.54) is 25.7 Å². The minimum absolute atomic E-state index is 0.572. The Morgan fingerprint density at radius 1 is 1.19 bits per heavy atom. The van der Waals surface area contributed by atoms with Crippen molar-refractivity contribution in [2.75, 3.05) is 20.0 Å². The number of hydrogen-bond acceptors (Lipinski definition) is 5. The van der Waals surface area contributed by atoms with Crippen LogP contribution in [0.5, 0.6) is 11.5 Å². The lowest BCUT2D eigenvalue weighted by Crippen LogP contribution is -1.95. The SMILES string of the molecule is COc1cccc(-c2nc(C3CCCC3)sc2N)c1OC. The first-order valence-corrected chi connectivity index (χ1v) is 8.03. The molecule has 0 atom stereocenters. The van der Waals surface area contributed by atoms with E-state index in [1.54, 1.807) is 25.6 Å². The first-order valence-electron chi connectivity index (χ1n) is 7.22. The molecule has 1 aliphatic rings. The Hall–Kier alpha value is -1.75. The summed E-state index contributed by atoms with van der Waals surface area (Å²) in [5.74, 6) is 1.96. The molecular weight excluding hydrogens is 284 g/mol. The van der Waals surface area contributed by atoms with E-state index >= 15 is 0 Å². The summed E-state index contributed by atoms with van der Waals surface area (Å²) < 4.78 is 10.9. The van der Waals surface area contributed by atoms with Crippen LogP contribution in [0.2, 0.25) is 0 Å². The number of aromatic nitrogens is 1. The van der Waals surface area contributed by atoms with Crippen LogP contribution in [-0.4, -0.2) is 19.2 Å². The van der Waals surface area contributed by atoms with Crippen molar-refractivity contribution in [3.63, 3.8) is 0 Å². The third kappa shape index (κ3) is 2.58. The number of rotatable bonds is 4. The number of benzene rings is 1. The summed E-state index contributed by atoms with van der Waals surface area (Å²) in [4.78, 5) is 4.80. The third-order valence-corrected chi connectivity index (χ3v) is 5.08. The van der Waals surface area contributed by atoms with Gasteiger partial charge in [0.05, 0.1) is 19.2 Å². The summed E-state index contributed by atoms with van der Waals surface area (Å²) in [6.07, 6.45) is 5.03. The lowest BCUT2D eigenvalue weighted by molar-refractivity contribution is 0.356. The van der Waals surface area contributed by atoms with Gasteiger partial charge in [-0.05, 0) is 25.0 Å². The first kappa shape index (κ1) is 14.2. The molecule has 1 heterocycles. The highest BCUT2D eigenvalue weighted by Crippen LogP contribution is 2.44. The number of methoxy groups -OCH3 is 2. The average Bonchev–Trinajstić information content (AvgIpc) is 3.15. The number of nitrogens with two attached hydrogens (primary N) is 1. The molecule has 2 N–H and O–H groups in total. The number of para-hydroxylation sites is 1. The van der Waals surface area contributed by atoms with Crippen LogP contribution >= 0.6 is 11.3 Å². The third-order valence-electron chi connectivity index (χ3n) is 4.03. The molecule has 1 aromatic carbocycles. The van der Waals surface area contributed by atoms with Crippen molar-refractivity contribution in [3.05, 3.63) is 23.2 Å². The zero-order chi connectivity index (χ0) is 14.8. The number of thiazole rings is 1. The van der Waals surface area contributed by atoms with Crippen LogP contribution in [0.4, 0.5) is 5.00 Å². The van der Waals surface area contributed by atoms with E-state index in [0.717, 1.165) is 21.3 Å². The van der Waals surface area contributed by atoms with Crippen molar-refractivity contribution in [3.8, 4) is 22.8 Å². The standard InChI is InChI=1S/C16H20N2O2S/c1-19-12-9-5-8-11(14(12)20-2)13-15(17)21-16(18-13)10-6-3-4-7-10/h5,8-10H,3-4,6-7,17H2,1-2H3. The van der Waals surface area contributed by atoms with Gasteiger partial charge in [-0.2, -0.15) is 0 Å². The Kier molecular flexibility index (Phi) is 4.01. The van der Waals surface area contributed by atoms with Crippen LogP contribution in [0.1, 0.15) is 36.6 Å². The van der Waals surface area contributed by atoms with E-state index in [-0.39, 0.29) is 0 Å². The predicted octanol–water partition coefficient (Wildman–Crippen LogP) is 4.07. The highest BCUT2D eigenvalue weighted by atomic mass is 32.1. The Morgan fingerprint density at radius 2 is 1.95 bits per heavy atom. The quantitative estimate of drug-likeness (QED) is 0.925. The zero-order valence-corrected chi connectivity index (χ0v) is 13.2. The molecule has 21 heavy (non-hydrogen) atoms. The molecule has 3 rings (SSSR count). The number of nitrogen functional groups attached to an aromatic ring is 1. The molecule has 0 saturated heterocycles. The second-order valence-corrected chi connectivity index (χ2v) is 6.35. The number of nitrogens with zero attached hydrogens (tertiary/aromatic N) is 1. The van der Waals surface area contributed by atoms with Crippen molar-refractivity contribution in [2.24, 2.45) is 0 Å². The van der Waals surface area contributed by atoms with Gasteiger partial charge in [0.15, 0.2) is 11.5 Å². The van der Waals surface area contributed by atoms with Crippen LogP contribution in [0.3, 0.4) is 0 Å². The maximum atomic E-state index is 6.22. The summed E-state index contributed by atoms with van der Waals surface area (Å²) in [5.41, 5.74) is 7.93. The van der Waals surface area contributed by atoms with Crippen molar-refractivity contribution in [1.82, 2.24) is 4.98 Å². The first-order chi connectivity index (χ1) is 10.2. The summed E-state index contributed by atoms with van der Waals surface area (Å²) >= 11 is 1.61. The Balaban J connectivity index is 2.04. The van der Waals surface area contributed by atoms with Gasteiger partial charge in [-0.3, -0.25) is 0 Å². The van der Waals surface area contributed by atoms with Crippen molar-refractivity contribution >= 4 is 16.3 Å². The second kappa shape index (κ2) is 5.93. The lowest BCUT2D eigenvalue weighted by atomic mass is 10.1. The Morgan fingerprint density at radius 3 is 2.62 bits per heavy atom. The number of hydrogen-bond donors (Lipinski definition) is 1. The lowest BCUT2D eigenvalue weighted by Gasteiger charge is -2.11. The normalized spacial score (nSPS) is 15.3. The molecular formula is C16H20N2O2S. The van der Waals surface area contributed by atoms with E-state index in [4.69, 9.17) is 20.2 Å². The summed E-state index contributed by atoms with van der Waals surface area (Å²) in [6, 6.07) is 5.79. The second-order valence-electron chi connectivity index (χ2n) is 5.29. The van der Waals surface area contributed by atoms with Crippen LogP contribution < -0.4 is 15.2 Å². The molecule has 0 spiro atoms. The highest BCUT2D eigenvalue weighted by Gasteiger charge is 2.24. The molecule has 0 bridgehead atoms. The Bertz CT molecular complexity index is 633. The van der Waals surface area contributed by atoms with Gasteiger partial charge in [-0.25, -0.2) is 4.98 Å². The molecule has 1 saturated carbocycles. The molecule has 1 fully saturated rings. The molecule has 0 radical (unpaired) electrons. The molecule has 0 unspecified atom stereocenters. The minimum Gasteiger partial charge on any atom is -0.493 e. The molecule has 112 valence electrons. The summed E-state index contributed by atoms with van der Waals surface area (Å²) in [5, 5.41) is 1.91. The highest BCUT2D eigenvalue weighted by molar-refractivity contribution is 7.16. The van der Waals surface area contributed by atoms with Crippen molar-refractivity contribution in [1.29, 1.82) is 0 Å². The Labute approximate surface area is 128 Å². The van der Waals surface area contributed by atoms with Gasteiger partial charge >= 0.3 is 0 Å². The summed E-state index contributed by atoms with van der Waals surface area (Å²) in [7, 11) is 3.28. The molecule has 0 amide bonds. The number of anilines is 1. The van der Waals surface area contributed by atoms with E-state index in [1.807, 2.05) is 18.2 Å². The molecule has 2 aromatic rings. The molecule has 5 heteroatoms. The monoisotopic (exact) mass is 304 g/mol. The fraction of sp³-hybridized carbons (Fsp3) is 0.438. The maximum Gasteiger partial charge on any atom is 0.170 e.